The summed E-state index contributed by atoms with van der Waals surface area (Å²) in [6, 6.07) is 0. The topological polar surface area (TPSA) is 0 Å². The Morgan fingerprint density at radius 3 is 2.50 bits per heavy atom. The van der Waals surface area contributed by atoms with Gasteiger partial charge in [-0.25, -0.2) is 0 Å². The summed E-state index contributed by atoms with van der Waals surface area (Å²) < 4.78 is 1.09. The van der Waals surface area contributed by atoms with Gasteiger partial charge in [-0.15, -0.1) is 0 Å². The molecule has 0 spiro atoms. The van der Waals surface area contributed by atoms with Crippen LogP contribution in [0.2, 0.25) is 0 Å². The molecule has 0 radical (unpaired) electrons. The van der Waals surface area contributed by atoms with Crippen LogP contribution in [-0.4, -0.2) is 17.6 Å². The molecule has 0 aromatic rings. The minimum Gasteiger partial charge on any atom is -0.269 e. The van der Waals surface area contributed by atoms with Crippen molar-refractivity contribution in [2.75, 3.05) is 13.1 Å². The third kappa shape index (κ3) is 1.61. The molecule has 0 saturated heterocycles. The summed E-state index contributed by atoms with van der Waals surface area (Å²) in [4.78, 5) is 0. The lowest BCUT2D eigenvalue weighted by Gasteiger charge is -2.31. The van der Waals surface area contributed by atoms with Gasteiger partial charge in [0.25, 0.3) is 0 Å². The number of unbranched alkanes of at least 4 members (excludes halogenated alkanes) is 1. The lowest BCUT2D eigenvalue weighted by molar-refractivity contribution is -0.837. The van der Waals surface area contributed by atoms with Crippen molar-refractivity contribution < 1.29 is 4.48 Å². The Kier molecular flexibility index (Phi) is 3.10. The normalized spacial score (nSPS) is 27.8. The molecule has 12 heavy (non-hydrogen) atoms. The van der Waals surface area contributed by atoms with Gasteiger partial charge in [0.05, 0.1) is 13.1 Å². The van der Waals surface area contributed by atoms with Crippen molar-refractivity contribution in [2.24, 2.45) is 0 Å². The Hall–Kier alpha value is -0.560. The summed E-state index contributed by atoms with van der Waals surface area (Å²) in [6.45, 7) is 9.22. The van der Waals surface area contributed by atoms with Crippen LogP contribution in [0.3, 0.4) is 0 Å². The van der Waals surface area contributed by atoms with Gasteiger partial charge in [0.1, 0.15) is 11.9 Å². The fourth-order valence-electron chi connectivity index (χ4n) is 1.82. The number of hydrogen-bond acceptors (Lipinski definition) is 0. The van der Waals surface area contributed by atoms with Crippen LogP contribution in [0.4, 0.5) is 0 Å². The Morgan fingerprint density at radius 1 is 1.33 bits per heavy atom. The van der Waals surface area contributed by atoms with E-state index in [1.807, 2.05) is 0 Å². The van der Waals surface area contributed by atoms with E-state index in [2.05, 4.69) is 39.1 Å². The van der Waals surface area contributed by atoms with Crippen LogP contribution in [0, 0.1) is 0 Å². The number of allylic oxidation sites excluding steroid dienone is 3. The van der Waals surface area contributed by atoms with Crippen molar-refractivity contribution in [3.8, 4) is 0 Å². The molecule has 1 heterocycles. The molecule has 1 nitrogen and oxygen atoms in total. The standard InChI is InChI=1S/C11H20N/c1-4-6-9-12(5-2)10-7-8-11(12)3/h7-8,10H,4-6,9H2,1-3H3/q+1. The first kappa shape index (κ1) is 9.53. The lowest BCUT2D eigenvalue weighted by atomic mass is 10.2. The van der Waals surface area contributed by atoms with E-state index < -0.39 is 0 Å². The minimum atomic E-state index is 1.09. The van der Waals surface area contributed by atoms with Crippen LogP contribution in [0.15, 0.2) is 24.0 Å². The van der Waals surface area contributed by atoms with Crippen LogP contribution in [-0.2, 0) is 0 Å². The quantitative estimate of drug-likeness (QED) is 0.563. The molecule has 0 aromatic heterocycles. The zero-order valence-electron chi connectivity index (χ0n) is 8.51. The smallest absolute Gasteiger partial charge is 0.110 e. The molecule has 0 fully saturated rings. The highest BCUT2D eigenvalue weighted by Gasteiger charge is 2.27. The first-order valence-electron chi connectivity index (χ1n) is 4.98. The van der Waals surface area contributed by atoms with Gasteiger partial charge in [-0.3, -0.25) is 4.48 Å². The van der Waals surface area contributed by atoms with Crippen molar-refractivity contribution in [3.63, 3.8) is 0 Å². The summed E-state index contributed by atoms with van der Waals surface area (Å²) in [5.74, 6) is 0. The maximum atomic E-state index is 2.32. The molecule has 1 atom stereocenters. The third-order valence-corrected chi connectivity index (χ3v) is 2.89. The molecule has 0 bridgehead atoms. The molecule has 1 aliphatic rings. The summed E-state index contributed by atoms with van der Waals surface area (Å²) in [5, 5.41) is 0. The van der Waals surface area contributed by atoms with Gasteiger partial charge < -0.3 is 0 Å². The Labute approximate surface area is 76.0 Å². The Morgan fingerprint density at radius 2 is 2.08 bits per heavy atom. The van der Waals surface area contributed by atoms with Gasteiger partial charge in [-0.1, -0.05) is 13.3 Å². The molecular weight excluding hydrogens is 146 g/mol. The van der Waals surface area contributed by atoms with Crippen molar-refractivity contribution in [2.45, 2.75) is 33.6 Å². The maximum Gasteiger partial charge on any atom is 0.110 e. The molecule has 68 valence electrons. The van der Waals surface area contributed by atoms with Gasteiger partial charge in [-0.2, -0.15) is 0 Å². The molecule has 1 aliphatic heterocycles. The SMILES string of the molecule is CCCC[N+]1(CC)C=CC=C1C. The fourth-order valence-corrected chi connectivity index (χ4v) is 1.82. The van der Waals surface area contributed by atoms with Crippen molar-refractivity contribution >= 4 is 0 Å². The first-order chi connectivity index (χ1) is 5.75. The number of rotatable bonds is 4. The highest BCUT2D eigenvalue weighted by Crippen LogP contribution is 2.24. The highest BCUT2D eigenvalue weighted by atomic mass is 15.3. The largest absolute Gasteiger partial charge is 0.269 e. The van der Waals surface area contributed by atoms with Gasteiger partial charge in [0.15, 0.2) is 0 Å². The van der Waals surface area contributed by atoms with Crippen LogP contribution < -0.4 is 0 Å². The fraction of sp³-hybridized carbons (Fsp3) is 0.636. The van der Waals surface area contributed by atoms with E-state index in [-0.39, 0.29) is 0 Å². The Balaban J connectivity index is 2.63. The van der Waals surface area contributed by atoms with Crippen molar-refractivity contribution in [1.29, 1.82) is 0 Å². The third-order valence-electron chi connectivity index (χ3n) is 2.89. The van der Waals surface area contributed by atoms with E-state index in [0.29, 0.717) is 0 Å². The van der Waals surface area contributed by atoms with E-state index in [0.717, 1.165) is 4.48 Å². The minimum absolute atomic E-state index is 1.09. The molecule has 0 saturated carbocycles. The predicted octanol–water partition coefficient (Wildman–Crippen LogP) is 3.05. The van der Waals surface area contributed by atoms with Crippen molar-refractivity contribution in [1.82, 2.24) is 0 Å². The second-order valence-corrected chi connectivity index (χ2v) is 3.58. The van der Waals surface area contributed by atoms with E-state index in [9.17, 15) is 0 Å². The number of quaternary nitrogens is 1. The number of hydrogen-bond donors (Lipinski definition) is 0. The number of nitrogens with zero attached hydrogens (tertiary/aromatic N) is 1. The van der Waals surface area contributed by atoms with E-state index in [1.165, 1.54) is 31.6 Å². The van der Waals surface area contributed by atoms with E-state index >= 15 is 0 Å². The molecule has 1 rings (SSSR count). The average Bonchev–Trinajstić information content (AvgIpc) is 2.45. The molecule has 0 aromatic carbocycles. The molecule has 0 amide bonds. The van der Waals surface area contributed by atoms with Gasteiger partial charge in [0.2, 0.25) is 0 Å². The van der Waals surface area contributed by atoms with Gasteiger partial charge in [0, 0.05) is 6.92 Å². The summed E-state index contributed by atoms with van der Waals surface area (Å²) in [5.41, 5.74) is 1.49. The average molecular weight is 166 g/mol. The van der Waals surface area contributed by atoms with E-state index in [4.69, 9.17) is 0 Å². The summed E-state index contributed by atoms with van der Waals surface area (Å²) >= 11 is 0. The maximum absolute atomic E-state index is 2.32. The zero-order chi connectivity index (χ0) is 9.03. The zero-order valence-corrected chi connectivity index (χ0v) is 8.51. The second-order valence-electron chi connectivity index (χ2n) is 3.58. The first-order valence-corrected chi connectivity index (χ1v) is 4.98. The van der Waals surface area contributed by atoms with Crippen molar-refractivity contribution in [3.05, 3.63) is 24.0 Å². The van der Waals surface area contributed by atoms with E-state index in [1.54, 1.807) is 0 Å². The lowest BCUT2D eigenvalue weighted by Crippen LogP contribution is -2.39. The summed E-state index contributed by atoms with van der Waals surface area (Å²) in [7, 11) is 0. The van der Waals surface area contributed by atoms with Crippen LogP contribution >= 0.6 is 0 Å². The molecule has 1 unspecified atom stereocenters. The molecule has 0 N–H and O–H groups in total. The Bertz CT molecular complexity index is 203. The molecule has 0 aliphatic carbocycles. The van der Waals surface area contributed by atoms with Gasteiger partial charge in [-0.05, 0) is 25.5 Å². The molecular formula is C11H20N+. The van der Waals surface area contributed by atoms with Crippen LogP contribution in [0.1, 0.15) is 33.6 Å². The predicted molar refractivity (Wildman–Crippen MR) is 53.5 cm³/mol. The molecule has 1 heteroatoms. The highest BCUT2D eigenvalue weighted by molar-refractivity contribution is 5.11. The summed E-state index contributed by atoms with van der Waals surface area (Å²) in [6.07, 6.45) is 9.36. The van der Waals surface area contributed by atoms with Gasteiger partial charge >= 0.3 is 0 Å². The second kappa shape index (κ2) is 3.90. The van der Waals surface area contributed by atoms with Crippen LogP contribution in [0.5, 0.6) is 0 Å². The monoisotopic (exact) mass is 166 g/mol. The van der Waals surface area contributed by atoms with Crippen LogP contribution in [0.25, 0.3) is 0 Å².